The van der Waals surface area contributed by atoms with Gasteiger partial charge in [-0.3, -0.25) is 5.41 Å². The third-order valence-electron chi connectivity index (χ3n) is 3.56. The van der Waals surface area contributed by atoms with Gasteiger partial charge in [0.1, 0.15) is 5.84 Å². The zero-order valence-corrected chi connectivity index (χ0v) is 13.4. The van der Waals surface area contributed by atoms with E-state index in [0.29, 0.717) is 15.6 Å². The number of nitrogen functional groups attached to an aromatic ring is 1. The Balaban J connectivity index is 2.37. The van der Waals surface area contributed by atoms with Crippen molar-refractivity contribution in [3.63, 3.8) is 0 Å². The van der Waals surface area contributed by atoms with Crippen LogP contribution in [-0.4, -0.2) is 12.9 Å². The van der Waals surface area contributed by atoms with Gasteiger partial charge in [0.15, 0.2) is 0 Å². The Morgan fingerprint density at radius 1 is 1.10 bits per heavy atom. The van der Waals surface area contributed by atoms with Crippen molar-refractivity contribution < 1.29 is 0 Å². The number of nitrogens with two attached hydrogens (primary N) is 1. The predicted octanol–water partition coefficient (Wildman–Crippen LogP) is 4.47. The van der Waals surface area contributed by atoms with E-state index in [9.17, 15) is 0 Å². The summed E-state index contributed by atoms with van der Waals surface area (Å²) in [6.45, 7) is 2.09. The summed E-state index contributed by atoms with van der Waals surface area (Å²) >= 11 is 11.9. The van der Waals surface area contributed by atoms with E-state index in [-0.39, 0.29) is 11.9 Å². The first-order valence-corrected chi connectivity index (χ1v) is 7.28. The quantitative estimate of drug-likeness (QED) is 0.644. The van der Waals surface area contributed by atoms with E-state index in [1.54, 1.807) is 12.1 Å². The largest absolute Gasteiger partial charge is 0.384 e. The van der Waals surface area contributed by atoms with Gasteiger partial charge in [-0.15, -0.1) is 0 Å². The van der Waals surface area contributed by atoms with Crippen LogP contribution >= 0.6 is 23.2 Å². The molecule has 3 N–H and O–H groups in total. The Bertz CT molecular complexity index is 653. The number of anilines is 1. The van der Waals surface area contributed by atoms with E-state index in [1.165, 1.54) is 0 Å². The van der Waals surface area contributed by atoms with Crippen LogP contribution in [0.25, 0.3) is 0 Å². The summed E-state index contributed by atoms with van der Waals surface area (Å²) in [4.78, 5) is 2.07. The fourth-order valence-electron chi connectivity index (χ4n) is 2.21. The summed E-state index contributed by atoms with van der Waals surface area (Å²) in [7, 11) is 1.97. The molecule has 1 atom stereocenters. The maximum Gasteiger partial charge on any atom is 0.124 e. The highest BCUT2D eigenvalue weighted by atomic mass is 35.5. The van der Waals surface area contributed by atoms with Crippen molar-refractivity contribution in [3.8, 4) is 0 Å². The van der Waals surface area contributed by atoms with E-state index in [0.717, 1.165) is 11.3 Å². The summed E-state index contributed by atoms with van der Waals surface area (Å²) in [5.41, 5.74) is 8.29. The van der Waals surface area contributed by atoms with Crippen LogP contribution in [0.2, 0.25) is 10.0 Å². The lowest BCUT2D eigenvalue weighted by atomic mass is 10.0. The molecule has 2 aromatic rings. The molecule has 0 aromatic heterocycles. The number of hydrogen-bond donors (Lipinski definition) is 2. The van der Waals surface area contributed by atoms with Crippen LogP contribution in [-0.2, 0) is 0 Å². The maximum absolute atomic E-state index is 7.71. The van der Waals surface area contributed by atoms with Gasteiger partial charge in [-0.05, 0) is 42.8 Å². The highest BCUT2D eigenvalue weighted by Crippen LogP contribution is 2.30. The molecule has 5 heteroatoms. The van der Waals surface area contributed by atoms with Gasteiger partial charge in [0.2, 0.25) is 0 Å². The second-order valence-corrected chi connectivity index (χ2v) is 5.79. The Morgan fingerprint density at radius 3 is 2.24 bits per heavy atom. The van der Waals surface area contributed by atoms with Gasteiger partial charge in [0, 0.05) is 28.3 Å². The molecule has 0 heterocycles. The Morgan fingerprint density at radius 2 is 1.67 bits per heavy atom. The zero-order chi connectivity index (χ0) is 15.6. The Kier molecular flexibility index (Phi) is 4.76. The molecule has 0 aliphatic carbocycles. The van der Waals surface area contributed by atoms with Gasteiger partial charge in [0.05, 0.1) is 6.04 Å². The minimum Gasteiger partial charge on any atom is -0.384 e. The lowest BCUT2D eigenvalue weighted by Gasteiger charge is -2.29. The van der Waals surface area contributed by atoms with Gasteiger partial charge in [-0.25, -0.2) is 0 Å². The van der Waals surface area contributed by atoms with Crippen LogP contribution in [0.3, 0.4) is 0 Å². The molecule has 1 unspecified atom stereocenters. The van der Waals surface area contributed by atoms with Crippen molar-refractivity contribution in [2.24, 2.45) is 5.73 Å². The molecule has 0 saturated heterocycles. The smallest absolute Gasteiger partial charge is 0.124 e. The number of nitrogens with one attached hydrogen (secondary N) is 1. The fraction of sp³-hybridized carbons (Fsp3) is 0.188. The van der Waals surface area contributed by atoms with E-state index in [2.05, 4.69) is 11.8 Å². The minimum absolute atomic E-state index is 0.00246. The third-order valence-corrected chi connectivity index (χ3v) is 4.05. The molecular formula is C16H17Cl2N3. The second-order valence-electron chi connectivity index (χ2n) is 4.91. The predicted molar refractivity (Wildman–Crippen MR) is 90.7 cm³/mol. The molecule has 0 fully saturated rings. The standard InChI is InChI=1S/C16H17Cl2N3/c1-10(11-3-5-12(17)6-4-11)21(2)15-8-7-13(18)9-14(15)16(19)20/h3-10H,1-2H3,(H3,19,20). The van der Waals surface area contributed by atoms with Crippen LogP contribution in [0.4, 0.5) is 5.69 Å². The minimum atomic E-state index is 0.00246. The van der Waals surface area contributed by atoms with Crippen molar-refractivity contribution in [2.75, 3.05) is 11.9 Å². The molecule has 2 aromatic carbocycles. The highest BCUT2D eigenvalue weighted by molar-refractivity contribution is 6.31. The van der Waals surface area contributed by atoms with Crippen molar-refractivity contribution >= 4 is 34.7 Å². The van der Waals surface area contributed by atoms with Crippen molar-refractivity contribution in [3.05, 3.63) is 63.6 Å². The average Bonchev–Trinajstić information content (AvgIpc) is 2.46. The Hall–Kier alpha value is -1.71. The van der Waals surface area contributed by atoms with Gasteiger partial charge in [-0.2, -0.15) is 0 Å². The lowest BCUT2D eigenvalue weighted by molar-refractivity contribution is 0.739. The van der Waals surface area contributed by atoms with Gasteiger partial charge < -0.3 is 10.6 Å². The summed E-state index contributed by atoms with van der Waals surface area (Å²) in [6.07, 6.45) is 0. The molecule has 0 amide bonds. The van der Waals surface area contributed by atoms with Crippen molar-refractivity contribution in [2.45, 2.75) is 13.0 Å². The Labute approximate surface area is 134 Å². The number of amidine groups is 1. The molecule has 110 valence electrons. The van der Waals surface area contributed by atoms with Crippen LogP contribution in [0, 0.1) is 5.41 Å². The molecule has 0 spiro atoms. The van der Waals surface area contributed by atoms with E-state index < -0.39 is 0 Å². The first-order chi connectivity index (χ1) is 9.90. The van der Waals surface area contributed by atoms with Gasteiger partial charge >= 0.3 is 0 Å². The first-order valence-electron chi connectivity index (χ1n) is 6.52. The number of nitrogens with zero attached hydrogens (tertiary/aromatic N) is 1. The SMILES string of the molecule is CC(c1ccc(Cl)cc1)N(C)c1ccc(Cl)cc1C(=N)N. The fourth-order valence-corrected chi connectivity index (χ4v) is 2.50. The van der Waals surface area contributed by atoms with Gasteiger partial charge in [-0.1, -0.05) is 35.3 Å². The number of halogens is 2. The summed E-state index contributed by atoms with van der Waals surface area (Å²) in [6, 6.07) is 13.2. The van der Waals surface area contributed by atoms with Crippen molar-refractivity contribution in [1.29, 1.82) is 5.41 Å². The normalized spacial score (nSPS) is 12.0. The molecule has 0 bridgehead atoms. The van der Waals surface area contributed by atoms with E-state index in [1.807, 2.05) is 37.4 Å². The molecule has 0 radical (unpaired) electrons. The molecule has 0 saturated carbocycles. The molecule has 0 aliphatic rings. The number of rotatable bonds is 4. The van der Waals surface area contributed by atoms with Crippen LogP contribution < -0.4 is 10.6 Å². The van der Waals surface area contributed by atoms with Crippen LogP contribution in [0.5, 0.6) is 0 Å². The molecule has 3 nitrogen and oxygen atoms in total. The van der Waals surface area contributed by atoms with Gasteiger partial charge in [0.25, 0.3) is 0 Å². The van der Waals surface area contributed by atoms with Crippen LogP contribution in [0.15, 0.2) is 42.5 Å². The van der Waals surface area contributed by atoms with E-state index in [4.69, 9.17) is 34.3 Å². The number of hydrogen-bond acceptors (Lipinski definition) is 2. The highest BCUT2D eigenvalue weighted by Gasteiger charge is 2.17. The third kappa shape index (κ3) is 3.49. The second kappa shape index (κ2) is 6.37. The molecular weight excluding hydrogens is 305 g/mol. The average molecular weight is 322 g/mol. The number of benzene rings is 2. The summed E-state index contributed by atoms with van der Waals surface area (Å²) < 4.78 is 0. The van der Waals surface area contributed by atoms with Crippen LogP contribution in [0.1, 0.15) is 24.1 Å². The molecule has 2 rings (SSSR count). The zero-order valence-electron chi connectivity index (χ0n) is 11.9. The molecule has 0 aliphatic heterocycles. The first kappa shape index (κ1) is 15.7. The summed E-state index contributed by atoms with van der Waals surface area (Å²) in [5.74, 6) is 0.00246. The summed E-state index contributed by atoms with van der Waals surface area (Å²) in [5, 5.41) is 8.99. The van der Waals surface area contributed by atoms with Crippen molar-refractivity contribution in [1.82, 2.24) is 0 Å². The monoisotopic (exact) mass is 321 g/mol. The maximum atomic E-state index is 7.71. The lowest BCUT2D eigenvalue weighted by Crippen LogP contribution is -2.25. The molecule has 21 heavy (non-hydrogen) atoms. The topological polar surface area (TPSA) is 53.1 Å². The van der Waals surface area contributed by atoms with E-state index >= 15 is 0 Å².